The third-order valence-corrected chi connectivity index (χ3v) is 5.93. The number of aromatic amines is 1. The number of hydrogen-bond acceptors (Lipinski definition) is 7. The predicted octanol–water partition coefficient (Wildman–Crippen LogP) is 4.01. The van der Waals surface area contributed by atoms with E-state index >= 15 is 0 Å². The summed E-state index contributed by atoms with van der Waals surface area (Å²) in [5, 5.41) is 6.69. The highest BCUT2D eigenvalue weighted by Gasteiger charge is 2.34. The van der Waals surface area contributed by atoms with E-state index in [1.54, 1.807) is 31.1 Å². The highest BCUT2D eigenvalue weighted by Crippen LogP contribution is 2.33. The Balaban J connectivity index is 1.66. The molecule has 8 nitrogen and oxygen atoms in total. The first-order chi connectivity index (χ1) is 16.3. The van der Waals surface area contributed by atoms with Crippen molar-refractivity contribution < 1.29 is 17.9 Å². The van der Waals surface area contributed by atoms with Crippen LogP contribution in [0.15, 0.2) is 30.6 Å². The summed E-state index contributed by atoms with van der Waals surface area (Å²) >= 11 is 0. The summed E-state index contributed by atoms with van der Waals surface area (Å²) in [6, 6.07) is 3.26. The maximum atomic E-state index is 14.8. The maximum absolute atomic E-state index is 14.8. The number of ether oxygens (including phenoxy) is 1. The van der Waals surface area contributed by atoms with E-state index in [2.05, 4.69) is 30.1 Å². The molecule has 1 aliphatic rings. The van der Waals surface area contributed by atoms with Crippen molar-refractivity contribution in [2.75, 3.05) is 18.0 Å². The van der Waals surface area contributed by atoms with Crippen LogP contribution in [0.25, 0.3) is 22.4 Å². The van der Waals surface area contributed by atoms with Crippen LogP contribution in [0.4, 0.5) is 19.1 Å². The van der Waals surface area contributed by atoms with Crippen molar-refractivity contribution in [1.29, 1.82) is 0 Å². The first-order valence-corrected chi connectivity index (χ1v) is 10.8. The number of hydrogen-bond donors (Lipinski definition) is 1. The molecule has 1 aromatic carbocycles. The Hall–Kier alpha value is -3.60. The second-order valence-electron chi connectivity index (χ2n) is 8.34. The average molecular weight is 469 g/mol. The lowest BCUT2D eigenvalue weighted by molar-refractivity contribution is -0.0611. The lowest BCUT2D eigenvalue weighted by atomic mass is 10.1. The number of aryl methyl sites for hydroxylation is 2. The SMILES string of the molecule is Cc1nc2nc(N3C[C@@H](c4cn[nH]c4)O[C@@H](C(C)F)C3)nc(-c3ccc(F)cc3F)c2nc1C. The zero-order chi connectivity index (χ0) is 24.0. The summed E-state index contributed by atoms with van der Waals surface area (Å²) in [6.07, 6.45) is 0.825. The summed E-state index contributed by atoms with van der Waals surface area (Å²) in [7, 11) is 0. The molecule has 1 saturated heterocycles. The molecule has 0 saturated carbocycles. The van der Waals surface area contributed by atoms with E-state index in [1.807, 2.05) is 0 Å². The van der Waals surface area contributed by atoms with Crippen LogP contribution in [0.5, 0.6) is 0 Å². The maximum Gasteiger partial charge on any atom is 0.228 e. The van der Waals surface area contributed by atoms with E-state index in [-0.39, 0.29) is 29.4 Å². The Labute approximate surface area is 193 Å². The molecule has 0 aliphatic carbocycles. The van der Waals surface area contributed by atoms with Gasteiger partial charge in [0.05, 0.1) is 30.7 Å². The highest BCUT2D eigenvalue weighted by atomic mass is 19.1. The Bertz CT molecular complexity index is 1350. The van der Waals surface area contributed by atoms with Crippen LogP contribution in [0.2, 0.25) is 0 Å². The van der Waals surface area contributed by atoms with Crippen LogP contribution >= 0.6 is 0 Å². The lowest BCUT2D eigenvalue weighted by Gasteiger charge is -2.38. The van der Waals surface area contributed by atoms with Crippen molar-refractivity contribution in [3.8, 4) is 11.3 Å². The minimum Gasteiger partial charge on any atom is -0.363 e. The number of halogens is 3. The van der Waals surface area contributed by atoms with Gasteiger partial charge in [-0.15, -0.1) is 0 Å². The van der Waals surface area contributed by atoms with Crippen LogP contribution in [0.3, 0.4) is 0 Å². The van der Waals surface area contributed by atoms with Crippen molar-refractivity contribution in [3.05, 3.63) is 59.2 Å². The number of benzene rings is 1. The topological polar surface area (TPSA) is 92.7 Å². The molecule has 1 aliphatic heterocycles. The smallest absolute Gasteiger partial charge is 0.228 e. The van der Waals surface area contributed by atoms with Crippen molar-refractivity contribution in [2.24, 2.45) is 0 Å². The van der Waals surface area contributed by atoms with Gasteiger partial charge in [0.1, 0.15) is 41.2 Å². The summed E-state index contributed by atoms with van der Waals surface area (Å²) in [6.45, 7) is 5.51. The summed E-state index contributed by atoms with van der Waals surface area (Å²) in [4.78, 5) is 20.0. The highest BCUT2D eigenvalue weighted by molar-refractivity contribution is 5.88. The molecule has 1 fully saturated rings. The molecule has 3 atom stereocenters. The van der Waals surface area contributed by atoms with Gasteiger partial charge in [0.2, 0.25) is 5.95 Å². The molecule has 1 N–H and O–H groups in total. The minimum atomic E-state index is -1.25. The second kappa shape index (κ2) is 8.64. The van der Waals surface area contributed by atoms with E-state index in [0.717, 1.165) is 17.7 Å². The van der Waals surface area contributed by atoms with E-state index in [1.165, 1.54) is 13.0 Å². The molecule has 1 unspecified atom stereocenters. The van der Waals surface area contributed by atoms with Gasteiger partial charge in [-0.05, 0) is 32.9 Å². The molecule has 0 spiro atoms. The number of nitrogens with one attached hydrogen (secondary N) is 1. The Morgan fingerprint density at radius 2 is 1.88 bits per heavy atom. The summed E-state index contributed by atoms with van der Waals surface area (Å²) in [5.41, 5.74) is 2.89. The fourth-order valence-electron chi connectivity index (χ4n) is 3.94. The molecule has 5 rings (SSSR count). The number of morpholine rings is 1. The number of anilines is 1. The largest absolute Gasteiger partial charge is 0.363 e. The summed E-state index contributed by atoms with van der Waals surface area (Å²) < 4.78 is 48.7. The Kier molecular flexibility index (Phi) is 5.64. The van der Waals surface area contributed by atoms with Crippen molar-refractivity contribution in [2.45, 2.75) is 39.2 Å². The molecule has 11 heteroatoms. The number of rotatable bonds is 4. The minimum absolute atomic E-state index is 0.0719. The van der Waals surface area contributed by atoms with E-state index < -0.39 is 30.0 Å². The van der Waals surface area contributed by atoms with E-state index in [4.69, 9.17) is 4.74 Å². The Morgan fingerprint density at radius 1 is 1.09 bits per heavy atom. The van der Waals surface area contributed by atoms with Gasteiger partial charge >= 0.3 is 0 Å². The fourth-order valence-corrected chi connectivity index (χ4v) is 3.94. The monoisotopic (exact) mass is 469 g/mol. The fraction of sp³-hybridized carbons (Fsp3) is 0.348. The van der Waals surface area contributed by atoms with Crippen LogP contribution in [0.1, 0.15) is 30.0 Å². The quantitative estimate of drug-likeness (QED) is 0.483. The number of fused-ring (bicyclic) bond motifs is 1. The zero-order valence-electron chi connectivity index (χ0n) is 18.8. The third kappa shape index (κ3) is 4.07. The first-order valence-electron chi connectivity index (χ1n) is 10.8. The number of alkyl halides is 1. The third-order valence-electron chi connectivity index (χ3n) is 5.93. The van der Waals surface area contributed by atoms with E-state index in [0.29, 0.717) is 23.4 Å². The van der Waals surface area contributed by atoms with Gasteiger partial charge in [0.15, 0.2) is 5.65 Å². The lowest BCUT2D eigenvalue weighted by Crippen LogP contribution is -2.48. The van der Waals surface area contributed by atoms with Gasteiger partial charge in [-0.1, -0.05) is 0 Å². The zero-order valence-corrected chi connectivity index (χ0v) is 18.8. The van der Waals surface area contributed by atoms with Crippen LogP contribution in [-0.4, -0.2) is 55.5 Å². The van der Waals surface area contributed by atoms with Gasteiger partial charge < -0.3 is 9.64 Å². The predicted molar refractivity (Wildman–Crippen MR) is 119 cm³/mol. The van der Waals surface area contributed by atoms with Crippen molar-refractivity contribution >= 4 is 17.1 Å². The van der Waals surface area contributed by atoms with Crippen LogP contribution < -0.4 is 4.90 Å². The van der Waals surface area contributed by atoms with Gasteiger partial charge in [-0.3, -0.25) is 5.10 Å². The van der Waals surface area contributed by atoms with Crippen molar-refractivity contribution in [3.63, 3.8) is 0 Å². The number of aromatic nitrogens is 6. The normalized spacial score (nSPS) is 19.5. The first kappa shape index (κ1) is 22.2. The van der Waals surface area contributed by atoms with Gasteiger partial charge in [0.25, 0.3) is 0 Å². The molecule has 0 bridgehead atoms. The standard InChI is InChI=1S/C23H22F3N7O/c1-11(24)18-9-33(10-19(34-18)14-7-27-28-8-14)23-31-20(16-5-4-15(25)6-17(16)26)21-22(32-23)30-13(3)12(2)29-21/h4-8,11,18-19H,9-10H2,1-3H3,(H,27,28)/t11?,18-,19+/m1/s1. The molecule has 3 aromatic heterocycles. The second-order valence-corrected chi connectivity index (χ2v) is 8.34. The van der Waals surface area contributed by atoms with E-state index in [9.17, 15) is 13.2 Å². The molecule has 0 radical (unpaired) electrons. The molecule has 4 aromatic rings. The van der Waals surface area contributed by atoms with Gasteiger partial charge in [0, 0.05) is 23.4 Å². The van der Waals surface area contributed by atoms with Gasteiger partial charge in [-0.25, -0.2) is 28.1 Å². The molecule has 0 amide bonds. The molecular weight excluding hydrogens is 447 g/mol. The number of nitrogens with zero attached hydrogens (tertiary/aromatic N) is 6. The molecule has 34 heavy (non-hydrogen) atoms. The molecule has 4 heterocycles. The molecule has 176 valence electrons. The Morgan fingerprint density at radius 3 is 2.59 bits per heavy atom. The van der Waals surface area contributed by atoms with Crippen molar-refractivity contribution in [1.82, 2.24) is 30.1 Å². The summed E-state index contributed by atoms with van der Waals surface area (Å²) in [5.74, 6) is -1.25. The van der Waals surface area contributed by atoms with Gasteiger partial charge in [-0.2, -0.15) is 10.1 Å². The van der Waals surface area contributed by atoms with Crippen LogP contribution in [0, 0.1) is 25.5 Å². The average Bonchev–Trinajstić information content (AvgIpc) is 3.34. The molecular formula is C23H22F3N7O. The number of H-pyrrole nitrogens is 1. The van der Waals surface area contributed by atoms with Crippen LogP contribution in [-0.2, 0) is 4.74 Å².